The first kappa shape index (κ1) is 17.4. The van der Waals surface area contributed by atoms with Crippen LogP contribution in [0.5, 0.6) is 0 Å². The van der Waals surface area contributed by atoms with Crippen LogP contribution in [0.25, 0.3) is 5.65 Å². The molecule has 6 heteroatoms. The molecule has 25 heavy (non-hydrogen) atoms. The molecule has 3 rings (SSSR count). The van der Waals surface area contributed by atoms with Gasteiger partial charge in [-0.05, 0) is 49.6 Å². The summed E-state index contributed by atoms with van der Waals surface area (Å²) in [5, 5.41) is 0.585. The van der Waals surface area contributed by atoms with E-state index < -0.39 is 0 Å². The molecule has 3 heterocycles. The van der Waals surface area contributed by atoms with Crippen LogP contribution in [0, 0.1) is 0 Å². The van der Waals surface area contributed by atoms with Gasteiger partial charge >= 0.3 is 0 Å². The molecule has 0 aliphatic carbocycles. The average molecular weight is 357 g/mol. The lowest BCUT2D eigenvalue weighted by Crippen LogP contribution is -2.34. The summed E-state index contributed by atoms with van der Waals surface area (Å²) in [6.45, 7) is 5.29. The van der Waals surface area contributed by atoms with Crippen molar-refractivity contribution in [2.24, 2.45) is 0 Å². The SMILES string of the molecule is CCc1nc2ccc(Cl)cn2c1C(=O)N(CC)CCc1ccncc1. The van der Waals surface area contributed by atoms with Crippen LogP contribution in [0.4, 0.5) is 0 Å². The second kappa shape index (κ2) is 7.66. The molecule has 0 aliphatic rings. The number of imidazole rings is 1. The number of amides is 1. The van der Waals surface area contributed by atoms with E-state index in [-0.39, 0.29) is 5.91 Å². The van der Waals surface area contributed by atoms with Crippen LogP contribution in [-0.2, 0) is 12.8 Å². The van der Waals surface area contributed by atoms with Crippen molar-refractivity contribution in [2.75, 3.05) is 13.1 Å². The number of hydrogen-bond donors (Lipinski definition) is 0. The highest BCUT2D eigenvalue weighted by molar-refractivity contribution is 6.30. The van der Waals surface area contributed by atoms with E-state index in [0.29, 0.717) is 30.2 Å². The predicted molar refractivity (Wildman–Crippen MR) is 99.1 cm³/mol. The van der Waals surface area contributed by atoms with Crippen molar-refractivity contribution in [3.05, 3.63) is 64.8 Å². The fourth-order valence-electron chi connectivity index (χ4n) is 2.91. The molecule has 0 fully saturated rings. The molecule has 3 aromatic heterocycles. The molecule has 1 amide bonds. The summed E-state index contributed by atoms with van der Waals surface area (Å²) in [6.07, 6.45) is 6.79. The molecule has 0 saturated heterocycles. The van der Waals surface area contributed by atoms with Crippen LogP contribution in [0.2, 0.25) is 5.02 Å². The number of fused-ring (bicyclic) bond motifs is 1. The molecule has 0 saturated carbocycles. The van der Waals surface area contributed by atoms with E-state index >= 15 is 0 Å². The maximum Gasteiger partial charge on any atom is 0.272 e. The molecule has 0 atom stereocenters. The molecule has 0 bridgehead atoms. The highest BCUT2D eigenvalue weighted by Gasteiger charge is 2.22. The highest BCUT2D eigenvalue weighted by Crippen LogP contribution is 2.19. The summed E-state index contributed by atoms with van der Waals surface area (Å²) < 4.78 is 1.80. The fraction of sp³-hybridized carbons (Fsp3) is 0.316. The van der Waals surface area contributed by atoms with Gasteiger partial charge in [0.05, 0.1) is 10.7 Å². The zero-order valence-electron chi connectivity index (χ0n) is 14.4. The minimum atomic E-state index is -0.0110. The van der Waals surface area contributed by atoms with Crippen LogP contribution in [0.1, 0.15) is 35.6 Å². The molecule has 0 unspecified atom stereocenters. The Balaban J connectivity index is 1.89. The third-order valence-electron chi connectivity index (χ3n) is 4.28. The quantitative estimate of drug-likeness (QED) is 0.677. The third-order valence-corrected chi connectivity index (χ3v) is 4.50. The van der Waals surface area contributed by atoms with Crippen LogP contribution in [0.15, 0.2) is 42.9 Å². The van der Waals surface area contributed by atoms with Gasteiger partial charge in [-0.3, -0.25) is 14.2 Å². The van der Waals surface area contributed by atoms with Crippen molar-refractivity contribution < 1.29 is 4.79 Å². The van der Waals surface area contributed by atoms with Gasteiger partial charge in [0.15, 0.2) is 0 Å². The Labute approximate surface area is 152 Å². The molecular formula is C19H21ClN4O. The van der Waals surface area contributed by atoms with Gasteiger partial charge in [0.2, 0.25) is 0 Å². The molecular weight excluding hydrogens is 336 g/mol. The van der Waals surface area contributed by atoms with Gasteiger partial charge < -0.3 is 4.90 Å². The van der Waals surface area contributed by atoms with Gasteiger partial charge in [-0.15, -0.1) is 0 Å². The fourth-order valence-corrected chi connectivity index (χ4v) is 3.07. The Morgan fingerprint density at radius 2 is 1.96 bits per heavy atom. The number of halogens is 1. The highest BCUT2D eigenvalue weighted by atomic mass is 35.5. The van der Waals surface area contributed by atoms with E-state index in [9.17, 15) is 4.79 Å². The van der Waals surface area contributed by atoms with Crippen molar-refractivity contribution in [2.45, 2.75) is 26.7 Å². The Hall–Kier alpha value is -2.40. The molecule has 0 N–H and O–H groups in total. The van der Waals surface area contributed by atoms with Crippen LogP contribution < -0.4 is 0 Å². The first-order chi connectivity index (χ1) is 12.1. The molecule has 0 spiro atoms. The van der Waals surface area contributed by atoms with Crippen LogP contribution in [-0.4, -0.2) is 38.3 Å². The number of carbonyl (C=O) groups is 1. The van der Waals surface area contributed by atoms with Gasteiger partial charge in [-0.25, -0.2) is 4.98 Å². The van der Waals surface area contributed by atoms with Crippen molar-refractivity contribution in [3.63, 3.8) is 0 Å². The zero-order valence-corrected chi connectivity index (χ0v) is 15.2. The molecule has 5 nitrogen and oxygen atoms in total. The Bertz CT molecular complexity index is 876. The summed E-state index contributed by atoms with van der Waals surface area (Å²) >= 11 is 6.12. The van der Waals surface area contributed by atoms with E-state index in [0.717, 1.165) is 23.3 Å². The number of carbonyl (C=O) groups excluding carboxylic acids is 1. The maximum absolute atomic E-state index is 13.2. The van der Waals surface area contributed by atoms with E-state index in [2.05, 4.69) is 9.97 Å². The molecule has 0 aromatic carbocycles. The maximum atomic E-state index is 13.2. The van der Waals surface area contributed by atoms with Crippen molar-refractivity contribution in [1.82, 2.24) is 19.3 Å². The number of pyridine rings is 2. The molecule has 3 aromatic rings. The van der Waals surface area contributed by atoms with E-state index in [1.165, 1.54) is 0 Å². The number of hydrogen-bond acceptors (Lipinski definition) is 3. The first-order valence-corrected chi connectivity index (χ1v) is 8.86. The van der Waals surface area contributed by atoms with Crippen molar-refractivity contribution in [1.29, 1.82) is 0 Å². The number of aryl methyl sites for hydroxylation is 1. The second-order valence-corrected chi connectivity index (χ2v) is 6.26. The first-order valence-electron chi connectivity index (χ1n) is 8.48. The Morgan fingerprint density at radius 3 is 2.64 bits per heavy atom. The monoisotopic (exact) mass is 356 g/mol. The number of aromatic nitrogens is 3. The summed E-state index contributed by atoms with van der Waals surface area (Å²) in [5.41, 5.74) is 3.32. The summed E-state index contributed by atoms with van der Waals surface area (Å²) in [4.78, 5) is 23.6. The largest absolute Gasteiger partial charge is 0.337 e. The number of rotatable bonds is 6. The zero-order chi connectivity index (χ0) is 17.8. The van der Waals surface area contributed by atoms with Crippen molar-refractivity contribution in [3.8, 4) is 0 Å². The van der Waals surface area contributed by atoms with Crippen LogP contribution >= 0.6 is 11.6 Å². The van der Waals surface area contributed by atoms with E-state index in [1.807, 2.05) is 36.9 Å². The van der Waals surface area contributed by atoms with Gasteiger partial charge in [-0.1, -0.05) is 18.5 Å². The third kappa shape index (κ3) is 3.66. The molecule has 0 radical (unpaired) electrons. The van der Waals surface area contributed by atoms with E-state index in [4.69, 9.17) is 11.6 Å². The van der Waals surface area contributed by atoms with Gasteiger partial charge in [-0.2, -0.15) is 0 Å². The van der Waals surface area contributed by atoms with Gasteiger partial charge in [0, 0.05) is 31.7 Å². The average Bonchev–Trinajstić information content (AvgIpc) is 3.00. The lowest BCUT2D eigenvalue weighted by molar-refractivity contribution is 0.0758. The summed E-state index contributed by atoms with van der Waals surface area (Å²) in [5.74, 6) is -0.0110. The van der Waals surface area contributed by atoms with Gasteiger partial charge in [0.25, 0.3) is 5.91 Å². The predicted octanol–water partition coefficient (Wildman–Crippen LogP) is 3.65. The molecule has 0 aliphatic heterocycles. The van der Waals surface area contributed by atoms with Gasteiger partial charge in [0.1, 0.15) is 11.3 Å². The number of likely N-dealkylation sites (N-methyl/N-ethyl adjacent to an activating group) is 1. The minimum Gasteiger partial charge on any atom is -0.337 e. The summed E-state index contributed by atoms with van der Waals surface area (Å²) in [6, 6.07) is 7.58. The normalized spacial score (nSPS) is 11.0. The lowest BCUT2D eigenvalue weighted by atomic mass is 10.1. The number of nitrogens with zero attached hydrogens (tertiary/aromatic N) is 4. The Morgan fingerprint density at radius 1 is 1.20 bits per heavy atom. The summed E-state index contributed by atoms with van der Waals surface area (Å²) in [7, 11) is 0. The minimum absolute atomic E-state index is 0.0110. The lowest BCUT2D eigenvalue weighted by Gasteiger charge is -2.21. The second-order valence-electron chi connectivity index (χ2n) is 5.83. The topological polar surface area (TPSA) is 50.5 Å². The standard InChI is InChI=1S/C19H21ClN4O/c1-3-16-18(24-13-15(20)5-6-17(24)22-16)19(25)23(4-2)12-9-14-7-10-21-11-8-14/h5-8,10-11,13H,3-4,9,12H2,1-2H3. The Kier molecular flexibility index (Phi) is 5.34. The van der Waals surface area contributed by atoms with Crippen LogP contribution in [0.3, 0.4) is 0 Å². The van der Waals surface area contributed by atoms with Crippen molar-refractivity contribution >= 4 is 23.2 Å². The van der Waals surface area contributed by atoms with E-state index in [1.54, 1.807) is 29.1 Å². The smallest absolute Gasteiger partial charge is 0.272 e. The molecule has 130 valence electrons.